The van der Waals surface area contributed by atoms with Crippen LogP contribution in [-0.4, -0.2) is 52.2 Å². The van der Waals surface area contributed by atoms with Crippen molar-refractivity contribution >= 4 is 23.1 Å². The van der Waals surface area contributed by atoms with E-state index in [1.165, 1.54) is 0 Å². The summed E-state index contributed by atoms with van der Waals surface area (Å²) < 4.78 is 0. The van der Waals surface area contributed by atoms with Gasteiger partial charge in [0.25, 0.3) is 0 Å². The summed E-state index contributed by atoms with van der Waals surface area (Å²) in [4.78, 5) is 21.7. The second-order valence-electron chi connectivity index (χ2n) is 7.61. The Bertz CT molecular complexity index is 744. The van der Waals surface area contributed by atoms with Gasteiger partial charge in [0.2, 0.25) is 5.91 Å². The molecule has 1 aliphatic rings. The summed E-state index contributed by atoms with van der Waals surface area (Å²) in [5, 5.41) is 9.68. The second kappa shape index (κ2) is 6.71. The predicted octanol–water partition coefficient (Wildman–Crippen LogP) is 2.43. The third kappa shape index (κ3) is 3.98. The van der Waals surface area contributed by atoms with Crippen molar-refractivity contribution < 1.29 is 4.79 Å². The lowest BCUT2D eigenvalue weighted by atomic mass is 9.92. The highest BCUT2D eigenvalue weighted by Gasteiger charge is 2.33. The van der Waals surface area contributed by atoms with Crippen LogP contribution in [0.25, 0.3) is 0 Å². The Morgan fingerprint density at radius 1 is 1.32 bits per heavy atom. The molecule has 6 nitrogen and oxygen atoms in total. The van der Waals surface area contributed by atoms with Gasteiger partial charge in [0.1, 0.15) is 0 Å². The van der Waals surface area contributed by atoms with Gasteiger partial charge in [-0.1, -0.05) is 20.8 Å². The molecule has 7 heteroatoms. The molecule has 0 N–H and O–H groups in total. The first-order valence-electron chi connectivity index (χ1n) is 8.50. The maximum atomic E-state index is 12.4. The standard InChI is InChI=1S/C18H25N5OS/c1-12-19-9-14(25-12)8-17(24)22(5)13-10-23(11-13)16-7-6-15(20-21-16)18(2,3)4/h6-7,9,13H,8,10-11H2,1-5H3. The number of anilines is 1. The molecule has 0 atom stereocenters. The minimum absolute atomic E-state index is 0.00462. The second-order valence-corrected chi connectivity index (χ2v) is 8.93. The van der Waals surface area contributed by atoms with Crippen molar-refractivity contribution in [2.75, 3.05) is 25.0 Å². The minimum atomic E-state index is 0.00462. The molecule has 2 aromatic rings. The first kappa shape index (κ1) is 17.8. The summed E-state index contributed by atoms with van der Waals surface area (Å²) in [7, 11) is 1.88. The third-order valence-electron chi connectivity index (χ3n) is 4.54. The van der Waals surface area contributed by atoms with E-state index in [4.69, 9.17) is 0 Å². The predicted molar refractivity (Wildman–Crippen MR) is 100 cm³/mol. The zero-order chi connectivity index (χ0) is 18.2. The Labute approximate surface area is 152 Å². The number of carbonyl (C=O) groups is 1. The van der Waals surface area contributed by atoms with E-state index < -0.39 is 0 Å². The van der Waals surface area contributed by atoms with Gasteiger partial charge >= 0.3 is 0 Å². The average molecular weight is 359 g/mol. The molecule has 0 spiro atoms. The summed E-state index contributed by atoms with van der Waals surface area (Å²) in [6, 6.07) is 4.29. The van der Waals surface area contributed by atoms with Crippen molar-refractivity contribution in [3.63, 3.8) is 0 Å². The van der Waals surface area contributed by atoms with Gasteiger partial charge in [0.05, 0.1) is 23.2 Å². The molecular weight excluding hydrogens is 334 g/mol. The number of thiazole rings is 1. The van der Waals surface area contributed by atoms with Crippen LogP contribution in [0.4, 0.5) is 5.82 Å². The number of hydrogen-bond acceptors (Lipinski definition) is 6. The highest BCUT2D eigenvalue weighted by molar-refractivity contribution is 7.11. The highest BCUT2D eigenvalue weighted by Crippen LogP contribution is 2.24. The van der Waals surface area contributed by atoms with Crippen LogP contribution in [0.5, 0.6) is 0 Å². The van der Waals surface area contributed by atoms with Crippen molar-refractivity contribution in [2.45, 2.75) is 45.6 Å². The molecule has 0 saturated carbocycles. The Morgan fingerprint density at radius 3 is 2.56 bits per heavy atom. The van der Waals surface area contributed by atoms with Gasteiger partial charge in [-0.15, -0.1) is 16.4 Å². The van der Waals surface area contributed by atoms with Crippen LogP contribution in [0.2, 0.25) is 0 Å². The smallest absolute Gasteiger partial charge is 0.228 e. The van der Waals surface area contributed by atoms with Crippen LogP contribution in [0.15, 0.2) is 18.3 Å². The number of amides is 1. The van der Waals surface area contributed by atoms with Gasteiger partial charge in [0.15, 0.2) is 5.82 Å². The molecule has 0 radical (unpaired) electrons. The normalized spacial score (nSPS) is 15.2. The van der Waals surface area contributed by atoms with Crippen molar-refractivity contribution in [1.29, 1.82) is 0 Å². The fourth-order valence-corrected chi connectivity index (χ4v) is 3.53. The van der Waals surface area contributed by atoms with E-state index in [0.717, 1.165) is 34.5 Å². The van der Waals surface area contributed by atoms with Gasteiger partial charge in [-0.25, -0.2) is 4.98 Å². The minimum Gasteiger partial charge on any atom is -0.351 e. The maximum Gasteiger partial charge on any atom is 0.228 e. The molecule has 0 aromatic carbocycles. The van der Waals surface area contributed by atoms with E-state index in [1.54, 1.807) is 17.5 Å². The number of hydrogen-bond donors (Lipinski definition) is 0. The molecule has 1 saturated heterocycles. The Balaban J connectivity index is 1.53. The molecule has 134 valence electrons. The summed E-state index contributed by atoms with van der Waals surface area (Å²) in [6.07, 6.45) is 2.23. The van der Waals surface area contributed by atoms with E-state index in [1.807, 2.05) is 31.0 Å². The van der Waals surface area contributed by atoms with Crippen molar-refractivity contribution in [3.8, 4) is 0 Å². The van der Waals surface area contributed by atoms with Gasteiger partial charge in [-0.2, -0.15) is 5.10 Å². The largest absolute Gasteiger partial charge is 0.351 e. The molecule has 3 heterocycles. The van der Waals surface area contributed by atoms with Crippen LogP contribution in [0, 0.1) is 6.92 Å². The summed E-state index contributed by atoms with van der Waals surface area (Å²) >= 11 is 1.58. The number of rotatable bonds is 4. The quantitative estimate of drug-likeness (QED) is 0.839. The van der Waals surface area contributed by atoms with Gasteiger partial charge < -0.3 is 9.80 Å². The van der Waals surface area contributed by atoms with Gasteiger partial charge in [-0.3, -0.25) is 4.79 Å². The van der Waals surface area contributed by atoms with Crippen molar-refractivity contribution in [1.82, 2.24) is 20.1 Å². The van der Waals surface area contributed by atoms with Gasteiger partial charge in [0, 0.05) is 36.6 Å². The maximum absolute atomic E-state index is 12.4. The molecule has 0 bridgehead atoms. The highest BCUT2D eigenvalue weighted by atomic mass is 32.1. The zero-order valence-electron chi connectivity index (χ0n) is 15.5. The van der Waals surface area contributed by atoms with Crippen LogP contribution in [0.1, 0.15) is 36.3 Å². The molecule has 25 heavy (non-hydrogen) atoms. The van der Waals surface area contributed by atoms with Crippen LogP contribution in [-0.2, 0) is 16.6 Å². The average Bonchev–Trinajstić information content (AvgIpc) is 2.90. The zero-order valence-corrected chi connectivity index (χ0v) is 16.3. The summed E-state index contributed by atoms with van der Waals surface area (Å²) in [5.74, 6) is 1.02. The molecule has 3 rings (SSSR count). The van der Waals surface area contributed by atoms with E-state index in [-0.39, 0.29) is 17.4 Å². The molecule has 1 aliphatic heterocycles. The number of nitrogens with zero attached hydrogens (tertiary/aromatic N) is 5. The number of carbonyl (C=O) groups excluding carboxylic acids is 1. The van der Waals surface area contributed by atoms with Crippen LogP contribution < -0.4 is 4.90 Å². The Morgan fingerprint density at radius 2 is 2.04 bits per heavy atom. The number of aryl methyl sites for hydroxylation is 1. The number of aromatic nitrogens is 3. The van der Waals surface area contributed by atoms with Crippen molar-refractivity contribution in [2.24, 2.45) is 0 Å². The lowest BCUT2D eigenvalue weighted by molar-refractivity contribution is -0.131. The molecule has 1 fully saturated rings. The van der Waals surface area contributed by atoms with Crippen LogP contribution >= 0.6 is 11.3 Å². The monoisotopic (exact) mass is 359 g/mol. The Kier molecular flexibility index (Phi) is 4.77. The molecule has 2 aromatic heterocycles. The lowest BCUT2D eigenvalue weighted by Gasteiger charge is -2.44. The van der Waals surface area contributed by atoms with E-state index in [9.17, 15) is 4.79 Å². The molecular formula is C18H25N5OS. The van der Waals surface area contributed by atoms with E-state index in [0.29, 0.717) is 6.42 Å². The molecule has 0 unspecified atom stereocenters. The van der Waals surface area contributed by atoms with Gasteiger partial charge in [-0.05, 0) is 19.1 Å². The molecule has 0 aliphatic carbocycles. The van der Waals surface area contributed by atoms with E-state index in [2.05, 4.69) is 40.9 Å². The topological polar surface area (TPSA) is 62.2 Å². The van der Waals surface area contributed by atoms with Crippen molar-refractivity contribution in [3.05, 3.63) is 33.9 Å². The first-order valence-corrected chi connectivity index (χ1v) is 9.32. The third-order valence-corrected chi connectivity index (χ3v) is 5.45. The fourth-order valence-electron chi connectivity index (χ4n) is 2.75. The fraction of sp³-hybridized carbons (Fsp3) is 0.556. The first-order chi connectivity index (χ1) is 11.7. The lowest BCUT2D eigenvalue weighted by Crippen LogP contribution is -2.60. The van der Waals surface area contributed by atoms with Crippen LogP contribution in [0.3, 0.4) is 0 Å². The summed E-state index contributed by atoms with van der Waals surface area (Å²) in [6.45, 7) is 9.93. The number of likely N-dealkylation sites (N-methyl/N-ethyl adjacent to an activating group) is 1. The Hall–Kier alpha value is -2.02. The summed E-state index contributed by atoms with van der Waals surface area (Å²) in [5.41, 5.74) is 0.991. The van der Waals surface area contributed by atoms with E-state index >= 15 is 0 Å². The SMILES string of the molecule is Cc1ncc(CC(=O)N(C)C2CN(c3ccc(C(C)(C)C)nn3)C2)s1. The molecule has 1 amide bonds.